The molecule has 0 spiro atoms. The Morgan fingerprint density at radius 1 is 1.12 bits per heavy atom. The summed E-state index contributed by atoms with van der Waals surface area (Å²) in [6, 6.07) is 1.97. The van der Waals surface area contributed by atoms with Crippen LogP contribution in [0, 0.1) is 13.8 Å². The van der Waals surface area contributed by atoms with Gasteiger partial charge in [0.25, 0.3) is 0 Å². The molecule has 1 aliphatic rings. The second-order valence-corrected chi connectivity index (χ2v) is 9.63. The first kappa shape index (κ1) is 19.1. The number of sulfonamides is 1. The van der Waals surface area contributed by atoms with Crippen molar-refractivity contribution in [2.45, 2.75) is 40.2 Å². The van der Waals surface area contributed by atoms with Crippen molar-refractivity contribution in [1.29, 1.82) is 0 Å². The quantitative estimate of drug-likeness (QED) is 0.770. The highest BCUT2D eigenvalue weighted by atomic mass is 32.2. The molecule has 24 heavy (non-hydrogen) atoms. The van der Waals surface area contributed by atoms with Crippen LogP contribution in [0.15, 0.2) is 6.07 Å². The summed E-state index contributed by atoms with van der Waals surface area (Å²) in [7, 11) is -3.14. The van der Waals surface area contributed by atoms with E-state index >= 15 is 0 Å². The normalized spacial score (nSPS) is 18.1. The fourth-order valence-corrected chi connectivity index (χ4v) is 4.41. The number of Topliss-reactive ketones (excluding diaryl/α,β-unsaturated/α-hetero) is 1. The fraction of sp³-hybridized carbons (Fsp3) is 0.706. The minimum absolute atomic E-state index is 0.0617. The van der Waals surface area contributed by atoms with Gasteiger partial charge in [0.05, 0.1) is 12.8 Å². The molecule has 0 bridgehead atoms. The number of carbonyl (C=O) groups is 1. The van der Waals surface area contributed by atoms with Crippen molar-refractivity contribution in [2.75, 3.05) is 39.0 Å². The maximum absolute atomic E-state index is 12.7. The largest absolute Gasteiger partial charge is 0.343 e. The van der Waals surface area contributed by atoms with Crippen molar-refractivity contribution in [3.63, 3.8) is 0 Å². The maximum atomic E-state index is 12.7. The first-order valence-electron chi connectivity index (χ1n) is 8.31. The Balaban J connectivity index is 2.07. The monoisotopic (exact) mass is 355 g/mol. The van der Waals surface area contributed by atoms with Crippen molar-refractivity contribution >= 4 is 15.8 Å². The van der Waals surface area contributed by atoms with Crippen molar-refractivity contribution in [2.24, 2.45) is 0 Å². The second kappa shape index (κ2) is 6.61. The Hall–Kier alpha value is -1.18. The molecule has 2 heterocycles. The molecule has 0 aromatic carbocycles. The fourth-order valence-electron chi connectivity index (χ4n) is 3.58. The standard InChI is InChI=1S/C17H29N3O3S/c1-13-11-15(14(2)20(13)17(3,4)5)16(21)12-18-7-9-19(10-8-18)24(6,22)23/h11H,7-10,12H2,1-6H3. The summed E-state index contributed by atoms with van der Waals surface area (Å²) in [4.78, 5) is 14.8. The number of hydrogen-bond donors (Lipinski definition) is 0. The number of nitrogens with zero attached hydrogens (tertiary/aromatic N) is 3. The number of aromatic nitrogens is 1. The molecule has 1 aromatic heterocycles. The van der Waals surface area contributed by atoms with Gasteiger partial charge in [-0.15, -0.1) is 0 Å². The van der Waals surface area contributed by atoms with Crippen LogP contribution in [0.4, 0.5) is 0 Å². The van der Waals surface area contributed by atoms with Gasteiger partial charge in [0.15, 0.2) is 5.78 Å². The number of aryl methyl sites for hydroxylation is 1. The highest BCUT2D eigenvalue weighted by Gasteiger charge is 2.27. The van der Waals surface area contributed by atoms with Gasteiger partial charge in [-0.05, 0) is 40.7 Å². The number of rotatable bonds is 4. The summed E-state index contributed by atoms with van der Waals surface area (Å²) in [6.07, 6.45) is 1.23. The highest BCUT2D eigenvalue weighted by Crippen LogP contribution is 2.25. The topological polar surface area (TPSA) is 62.6 Å². The average molecular weight is 356 g/mol. The van der Waals surface area contributed by atoms with E-state index in [4.69, 9.17) is 0 Å². The van der Waals surface area contributed by atoms with Crippen LogP contribution >= 0.6 is 0 Å². The summed E-state index contributed by atoms with van der Waals surface area (Å²) >= 11 is 0. The average Bonchev–Trinajstić information content (AvgIpc) is 2.73. The molecule has 1 fully saturated rings. The molecule has 0 N–H and O–H groups in total. The van der Waals surface area contributed by atoms with Gasteiger partial charge in [0.2, 0.25) is 10.0 Å². The van der Waals surface area contributed by atoms with Crippen LogP contribution in [0.1, 0.15) is 42.5 Å². The predicted octanol–water partition coefficient (Wildman–Crippen LogP) is 1.62. The Bertz CT molecular complexity index is 721. The first-order valence-corrected chi connectivity index (χ1v) is 10.2. The van der Waals surface area contributed by atoms with Crippen LogP contribution in [-0.2, 0) is 15.6 Å². The number of ketones is 1. The van der Waals surface area contributed by atoms with Crippen LogP contribution in [-0.4, -0.2) is 67.0 Å². The van der Waals surface area contributed by atoms with Crippen LogP contribution in [0.5, 0.6) is 0 Å². The van der Waals surface area contributed by atoms with E-state index in [-0.39, 0.29) is 11.3 Å². The molecule has 7 heteroatoms. The maximum Gasteiger partial charge on any atom is 0.211 e. The van der Waals surface area contributed by atoms with Gasteiger partial charge in [0.1, 0.15) is 0 Å². The Morgan fingerprint density at radius 2 is 1.67 bits per heavy atom. The number of carbonyl (C=O) groups excluding carboxylic acids is 1. The van der Waals surface area contributed by atoms with E-state index in [2.05, 4.69) is 25.3 Å². The first-order chi connectivity index (χ1) is 10.9. The van der Waals surface area contributed by atoms with E-state index < -0.39 is 10.0 Å². The molecule has 1 aliphatic heterocycles. The predicted molar refractivity (Wildman–Crippen MR) is 96.1 cm³/mol. The molecular formula is C17H29N3O3S. The van der Waals surface area contributed by atoms with Gasteiger partial charge < -0.3 is 4.57 Å². The van der Waals surface area contributed by atoms with E-state index in [1.807, 2.05) is 24.8 Å². The molecule has 136 valence electrons. The summed E-state index contributed by atoms with van der Waals surface area (Å²) in [6.45, 7) is 12.8. The second-order valence-electron chi connectivity index (χ2n) is 7.65. The van der Waals surface area contributed by atoms with Crippen LogP contribution in [0.25, 0.3) is 0 Å². The van der Waals surface area contributed by atoms with Gasteiger partial charge >= 0.3 is 0 Å². The lowest BCUT2D eigenvalue weighted by Gasteiger charge is -2.32. The van der Waals surface area contributed by atoms with Gasteiger partial charge in [-0.25, -0.2) is 8.42 Å². The molecule has 1 saturated heterocycles. The van der Waals surface area contributed by atoms with Gasteiger partial charge in [0, 0.05) is 48.7 Å². The zero-order chi connectivity index (χ0) is 18.3. The lowest BCUT2D eigenvalue weighted by Crippen LogP contribution is -2.49. The molecule has 0 unspecified atom stereocenters. The van der Waals surface area contributed by atoms with E-state index in [1.165, 1.54) is 10.6 Å². The SMILES string of the molecule is Cc1cc(C(=O)CN2CCN(S(C)(=O)=O)CC2)c(C)n1C(C)(C)C. The summed E-state index contributed by atoms with van der Waals surface area (Å²) in [5.41, 5.74) is 2.80. The van der Waals surface area contributed by atoms with Crippen molar-refractivity contribution in [1.82, 2.24) is 13.8 Å². The molecular weight excluding hydrogens is 326 g/mol. The Kier molecular flexibility index (Phi) is 5.28. The molecule has 0 aliphatic carbocycles. The van der Waals surface area contributed by atoms with Gasteiger partial charge in [-0.3, -0.25) is 9.69 Å². The van der Waals surface area contributed by atoms with Gasteiger partial charge in [-0.2, -0.15) is 4.31 Å². The number of piperazine rings is 1. The minimum Gasteiger partial charge on any atom is -0.343 e. The van der Waals surface area contributed by atoms with Crippen molar-refractivity contribution in [3.05, 3.63) is 23.0 Å². The smallest absolute Gasteiger partial charge is 0.211 e. The van der Waals surface area contributed by atoms with E-state index in [0.29, 0.717) is 32.7 Å². The highest BCUT2D eigenvalue weighted by molar-refractivity contribution is 7.88. The van der Waals surface area contributed by atoms with Crippen molar-refractivity contribution < 1.29 is 13.2 Å². The zero-order valence-electron chi connectivity index (χ0n) is 15.6. The van der Waals surface area contributed by atoms with Gasteiger partial charge in [-0.1, -0.05) is 0 Å². The van der Waals surface area contributed by atoms with Crippen LogP contribution < -0.4 is 0 Å². The third-order valence-corrected chi connectivity index (χ3v) is 5.87. The van der Waals surface area contributed by atoms with E-state index in [1.54, 1.807) is 0 Å². The number of hydrogen-bond acceptors (Lipinski definition) is 4. The lowest BCUT2D eigenvalue weighted by atomic mass is 10.1. The lowest BCUT2D eigenvalue weighted by molar-refractivity contribution is 0.0901. The summed E-state index contributed by atoms with van der Waals surface area (Å²) in [5.74, 6) is 0.103. The molecule has 0 saturated carbocycles. The Labute approximate surface area is 145 Å². The molecule has 6 nitrogen and oxygen atoms in total. The molecule has 0 radical (unpaired) electrons. The minimum atomic E-state index is -3.14. The van der Waals surface area contributed by atoms with Crippen LogP contribution in [0.2, 0.25) is 0 Å². The molecule has 1 aromatic rings. The van der Waals surface area contributed by atoms with Crippen molar-refractivity contribution in [3.8, 4) is 0 Å². The van der Waals surface area contributed by atoms with E-state index in [0.717, 1.165) is 17.0 Å². The summed E-state index contributed by atoms with van der Waals surface area (Å²) < 4.78 is 26.8. The molecule has 2 rings (SSSR count). The molecule has 0 amide bonds. The summed E-state index contributed by atoms with van der Waals surface area (Å²) in [5, 5.41) is 0. The van der Waals surface area contributed by atoms with E-state index in [9.17, 15) is 13.2 Å². The zero-order valence-corrected chi connectivity index (χ0v) is 16.4. The van der Waals surface area contributed by atoms with Crippen LogP contribution in [0.3, 0.4) is 0 Å². The Morgan fingerprint density at radius 3 is 2.08 bits per heavy atom. The third kappa shape index (κ3) is 4.07. The molecule has 0 atom stereocenters. The third-order valence-electron chi connectivity index (χ3n) is 4.57.